The van der Waals surface area contributed by atoms with Crippen molar-refractivity contribution in [2.45, 2.75) is 13.5 Å². The molecule has 0 atom stereocenters. The first-order valence-electron chi connectivity index (χ1n) is 6.01. The van der Waals surface area contributed by atoms with E-state index in [2.05, 4.69) is 9.72 Å². The van der Waals surface area contributed by atoms with Crippen LogP contribution in [0.4, 0.5) is 8.78 Å². The van der Waals surface area contributed by atoms with Gasteiger partial charge in [0.25, 0.3) is 0 Å². The Bertz CT molecular complexity index is 682. The fourth-order valence-corrected chi connectivity index (χ4v) is 1.77. The molecule has 112 valence electrons. The van der Waals surface area contributed by atoms with E-state index in [0.717, 1.165) is 6.07 Å². The maximum Gasteiger partial charge on any atom is 0.376 e. The lowest BCUT2D eigenvalue weighted by Crippen LogP contribution is -2.04. The smallest absolute Gasteiger partial charge is 0.376 e. The van der Waals surface area contributed by atoms with E-state index in [1.807, 2.05) is 0 Å². The number of halogens is 2. The van der Waals surface area contributed by atoms with E-state index in [0.29, 0.717) is 0 Å². The van der Waals surface area contributed by atoms with Gasteiger partial charge in [-0.2, -0.15) is 0 Å². The number of ether oxygens (including phenoxy) is 2. The molecule has 5 nitrogen and oxygen atoms in total. The van der Waals surface area contributed by atoms with Gasteiger partial charge in [0.15, 0.2) is 0 Å². The SMILES string of the molecule is COCc1nc(-c2cc(C)c(F)cc2F)oc1C(=O)OC. The normalized spacial score (nSPS) is 10.7. The number of aryl methyl sites for hydroxylation is 1. The minimum atomic E-state index is -0.834. The highest BCUT2D eigenvalue weighted by Crippen LogP contribution is 2.27. The van der Waals surface area contributed by atoms with Gasteiger partial charge in [-0.3, -0.25) is 0 Å². The van der Waals surface area contributed by atoms with Gasteiger partial charge in [0.1, 0.15) is 17.3 Å². The molecular formula is C14H13F2NO4. The second-order valence-corrected chi connectivity index (χ2v) is 4.30. The average Bonchev–Trinajstić information content (AvgIpc) is 2.86. The van der Waals surface area contributed by atoms with Gasteiger partial charge in [-0.05, 0) is 18.6 Å². The van der Waals surface area contributed by atoms with E-state index in [-0.39, 0.29) is 35.1 Å². The molecule has 0 aliphatic rings. The molecule has 0 unspecified atom stereocenters. The first-order valence-corrected chi connectivity index (χ1v) is 6.01. The lowest BCUT2D eigenvalue weighted by molar-refractivity contribution is 0.0559. The lowest BCUT2D eigenvalue weighted by atomic mass is 10.1. The van der Waals surface area contributed by atoms with E-state index in [1.165, 1.54) is 27.2 Å². The molecule has 1 aromatic heterocycles. The molecule has 0 fully saturated rings. The van der Waals surface area contributed by atoms with Crippen molar-refractivity contribution in [3.63, 3.8) is 0 Å². The largest absolute Gasteiger partial charge is 0.463 e. The van der Waals surface area contributed by atoms with Crippen molar-refractivity contribution in [1.82, 2.24) is 4.98 Å². The van der Waals surface area contributed by atoms with Crippen LogP contribution in [0.15, 0.2) is 16.5 Å². The summed E-state index contributed by atoms with van der Waals surface area (Å²) in [4.78, 5) is 15.6. The summed E-state index contributed by atoms with van der Waals surface area (Å²) in [6.07, 6.45) is 0. The van der Waals surface area contributed by atoms with Crippen LogP contribution < -0.4 is 0 Å². The number of methoxy groups -OCH3 is 2. The fraction of sp³-hybridized carbons (Fsp3) is 0.286. The predicted molar refractivity (Wildman–Crippen MR) is 68.6 cm³/mol. The van der Waals surface area contributed by atoms with Crippen LogP contribution in [0.3, 0.4) is 0 Å². The van der Waals surface area contributed by atoms with Crippen LogP contribution in [0.25, 0.3) is 11.5 Å². The van der Waals surface area contributed by atoms with Gasteiger partial charge in [0.2, 0.25) is 11.7 Å². The minimum Gasteiger partial charge on any atom is -0.463 e. The van der Waals surface area contributed by atoms with Gasteiger partial charge < -0.3 is 13.9 Å². The van der Waals surface area contributed by atoms with Crippen molar-refractivity contribution >= 4 is 5.97 Å². The molecule has 0 amide bonds. The molecule has 2 aromatic rings. The van der Waals surface area contributed by atoms with Crippen molar-refractivity contribution in [3.8, 4) is 11.5 Å². The van der Waals surface area contributed by atoms with Crippen molar-refractivity contribution in [1.29, 1.82) is 0 Å². The highest BCUT2D eigenvalue weighted by molar-refractivity contribution is 5.87. The van der Waals surface area contributed by atoms with Crippen molar-refractivity contribution in [3.05, 3.63) is 40.8 Å². The molecule has 7 heteroatoms. The van der Waals surface area contributed by atoms with Gasteiger partial charge in [0.05, 0.1) is 19.3 Å². The second-order valence-electron chi connectivity index (χ2n) is 4.30. The van der Waals surface area contributed by atoms with Crippen LogP contribution in [0.5, 0.6) is 0 Å². The number of carbonyl (C=O) groups is 1. The maximum atomic E-state index is 13.8. The Balaban J connectivity index is 2.54. The van der Waals surface area contributed by atoms with Gasteiger partial charge in [-0.1, -0.05) is 0 Å². The Hall–Kier alpha value is -2.28. The zero-order valence-corrected chi connectivity index (χ0v) is 11.7. The van der Waals surface area contributed by atoms with Crippen molar-refractivity contribution in [2.75, 3.05) is 14.2 Å². The predicted octanol–water partition coefficient (Wildman–Crippen LogP) is 2.86. The molecule has 0 saturated carbocycles. The van der Waals surface area contributed by atoms with Crippen LogP contribution >= 0.6 is 0 Å². The van der Waals surface area contributed by atoms with Gasteiger partial charge >= 0.3 is 5.97 Å². The molecule has 0 aliphatic carbocycles. The number of nitrogens with zero attached hydrogens (tertiary/aromatic N) is 1. The van der Waals surface area contributed by atoms with Crippen molar-refractivity contribution in [2.24, 2.45) is 0 Å². The number of hydrogen-bond donors (Lipinski definition) is 0. The molecule has 21 heavy (non-hydrogen) atoms. The number of aromatic nitrogens is 1. The summed E-state index contributed by atoms with van der Waals surface area (Å²) in [6.45, 7) is 1.48. The van der Waals surface area contributed by atoms with Crippen molar-refractivity contribution < 1.29 is 27.5 Å². The molecule has 0 N–H and O–H groups in total. The van der Waals surface area contributed by atoms with E-state index < -0.39 is 17.6 Å². The minimum absolute atomic E-state index is 0.00424. The summed E-state index contributed by atoms with van der Waals surface area (Å²) < 4.78 is 41.8. The third-order valence-corrected chi connectivity index (χ3v) is 2.83. The first-order chi connectivity index (χ1) is 9.97. The maximum absolute atomic E-state index is 13.8. The average molecular weight is 297 g/mol. The lowest BCUT2D eigenvalue weighted by Gasteiger charge is -2.01. The van der Waals surface area contributed by atoms with E-state index >= 15 is 0 Å². The first kappa shape index (κ1) is 15.1. The van der Waals surface area contributed by atoms with Gasteiger partial charge in [0, 0.05) is 13.2 Å². The highest BCUT2D eigenvalue weighted by atomic mass is 19.1. The third kappa shape index (κ3) is 2.92. The van der Waals surface area contributed by atoms with Gasteiger partial charge in [-0.15, -0.1) is 0 Å². The highest BCUT2D eigenvalue weighted by Gasteiger charge is 2.23. The van der Waals surface area contributed by atoms with Crippen LogP contribution in [0.2, 0.25) is 0 Å². The third-order valence-electron chi connectivity index (χ3n) is 2.83. The molecule has 0 spiro atoms. The summed E-state index contributed by atoms with van der Waals surface area (Å²) in [7, 11) is 2.60. The molecule has 1 heterocycles. The Morgan fingerprint density at radius 3 is 2.62 bits per heavy atom. The molecule has 0 saturated heterocycles. The molecule has 0 radical (unpaired) electrons. The Morgan fingerprint density at radius 2 is 2.00 bits per heavy atom. The number of oxazole rings is 1. The van der Waals surface area contributed by atoms with E-state index in [4.69, 9.17) is 9.15 Å². The van der Waals surface area contributed by atoms with Crippen LogP contribution in [0.1, 0.15) is 21.8 Å². The van der Waals surface area contributed by atoms with E-state index in [9.17, 15) is 13.6 Å². The van der Waals surface area contributed by atoms with Crippen LogP contribution in [-0.2, 0) is 16.1 Å². The monoisotopic (exact) mass is 297 g/mol. The van der Waals surface area contributed by atoms with E-state index in [1.54, 1.807) is 0 Å². The number of carbonyl (C=O) groups excluding carboxylic acids is 1. The molecule has 1 aromatic carbocycles. The van der Waals surface area contributed by atoms with Gasteiger partial charge in [-0.25, -0.2) is 18.6 Å². The van der Waals surface area contributed by atoms with Crippen LogP contribution in [-0.4, -0.2) is 25.2 Å². The standard InChI is InChI=1S/C14H13F2NO4/c1-7-4-8(10(16)5-9(7)15)13-17-11(6-19-2)12(21-13)14(18)20-3/h4-5H,6H2,1-3H3. The number of esters is 1. The topological polar surface area (TPSA) is 61.6 Å². The second kappa shape index (κ2) is 6.01. The van der Waals surface area contributed by atoms with Crippen LogP contribution in [0, 0.1) is 18.6 Å². The molecular weight excluding hydrogens is 284 g/mol. The molecule has 0 bridgehead atoms. The Morgan fingerprint density at radius 1 is 1.29 bits per heavy atom. The molecule has 0 aliphatic heterocycles. The Labute approximate surface area is 119 Å². The number of benzene rings is 1. The summed E-state index contributed by atoms with van der Waals surface area (Å²) in [6, 6.07) is 2.00. The summed E-state index contributed by atoms with van der Waals surface area (Å²) in [5.74, 6) is -2.56. The number of hydrogen-bond acceptors (Lipinski definition) is 5. The molecule has 2 rings (SSSR count). The zero-order chi connectivity index (χ0) is 15.6. The summed E-state index contributed by atoms with van der Waals surface area (Å²) in [5, 5.41) is 0. The Kier molecular flexibility index (Phi) is 4.32. The summed E-state index contributed by atoms with van der Waals surface area (Å²) in [5.41, 5.74) is 0.375. The fourth-order valence-electron chi connectivity index (χ4n) is 1.77. The number of rotatable bonds is 4. The zero-order valence-electron chi connectivity index (χ0n) is 11.7. The quantitative estimate of drug-likeness (QED) is 0.812. The summed E-state index contributed by atoms with van der Waals surface area (Å²) >= 11 is 0.